The molecule has 0 aliphatic heterocycles. The van der Waals surface area contributed by atoms with Crippen molar-refractivity contribution in [3.63, 3.8) is 0 Å². The second kappa shape index (κ2) is 8.52. The summed E-state index contributed by atoms with van der Waals surface area (Å²) in [6.45, 7) is 3.71. The van der Waals surface area contributed by atoms with Gasteiger partial charge < -0.3 is 10.7 Å². The fraction of sp³-hybridized carbons (Fsp3) is 0.0588. The summed E-state index contributed by atoms with van der Waals surface area (Å²) in [5.74, 6) is -0.612. The number of anilines is 1. The Balaban J connectivity index is 1.79. The van der Waals surface area contributed by atoms with Crippen LogP contribution in [0.4, 0.5) is 5.69 Å². The maximum atomic E-state index is 11.9. The maximum absolute atomic E-state index is 11.9. The quantitative estimate of drug-likeness (QED) is 0.635. The van der Waals surface area contributed by atoms with Crippen molar-refractivity contribution in [3.8, 4) is 0 Å². The first-order chi connectivity index (χ1) is 11.4. The first kappa shape index (κ1) is 18.0. The predicted molar refractivity (Wildman–Crippen MR) is 98.6 cm³/mol. The number of nitrogens with one attached hydrogen (secondary N) is 3. The average molecular weight is 409 g/mol. The zero-order valence-corrected chi connectivity index (χ0v) is 14.9. The van der Waals surface area contributed by atoms with E-state index in [0.717, 1.165) is 4.47 Å². The van der Waals surface area contributed by atoms with Crippen LogP contribution in [-0.2, 0) is 4.79 Å². The number of carbonyl (C=O) groups is 2. The molecule has 2 aromatic rings. The molecule has 124 valence electrons. The van der Waals surface area contributed by atoms with Crippen molar-refractivity contribution in [2.24, 2.45) is 0 Å². The summed E-state index contributed by atoms with van der Waals surface area (Å²) in [4.78, 5) is 23.8. The number of hydrogen-bond donors (Lipinski definition) is 3. The van der Waals surface area contributed by atoms with Gasteiger partial charge in [0.15, 0.2) is 0 Å². The minimum absolute atomic E-state index is 0.0197. The van der Waals surface area contributed by atoms with Gasteiger partial charge in [-0.3, -0.25) is 15.0 Å². The molecule has 0 bridgehead atoms. The van der Waals surface area contributed by atoms with E-state index in [0.29, 0.717) is 22.0 Å². The van der Waals surface area contributed by atoms with Crippen molar-refractivity contribution in [1.29, 1.82) is 0 Å². The van der Waals surface area contributed by atoms with E-state index in [1.807, 2.05) is 12.1 Å². The van der Waals surface area contributed by atoms with Crippen LogP contribution in [-0.4, -0.2) is 11.8 Å². The number of rotatable bonds is 6. The maximum Gasteiger partial charge on any atom is 0.269 e. The van der Waals surface area contributed by atoms with Crippen molar-refractivity contribution in [2.75, 3.05) is 5.32 Å². The molecule has 0 heterocycles. The van der Waals surface area contributed by atoms with Gasteiger partial charge >= 0.3 is 0 Å². The van der Waals surface area contributed by atoms with Gasteiger partial charge in [-0.25, -0.2) is 0 Å². The standard InChI is InChI=1S/C17H15BrClN3O2/c1-11(9-16(23)20-15-7-5-13(18)6-8-15)21-22-17(24)12-3-2-4-14(19)10-12/h2-8,10,21H,1,9H2,(H,20,23)(H,22,24). The molecule has 5 nitrogen and oxygen atoms in total. The van der Waals surface area contributed by atoms with Crippen molar-refractivity contribution in [2.45, 2.75) is 6.42 Å². The van der Waals surface area contributed by atoms with Gasteiger partial charge in [0.2, 0.25) is 5.91 Å². The highest BCUT2D eigenvalue weighted by atomic mass is 79.9. The monoisotopic (exact) mass is 407 g/mol. The Kier molecular flexibility index (Phi) is 6.40. The molecule has 0 saturated heterocycles. The lowest BCUT2D eigenvalue weighted by atomic mass is 10.2. The summed E-state index contributed by atoms with van der Waals surface area (Å²) in [5, 5.41) is 3.20. The smallest absolute Gasteiger partial charge is 0.269 e. The van der Waals surface area contributed by atoms with Gasteiger partial charge in [-0.15, -0.1) is 0 Å². The van der Waals surface area contributed by atoms with E-state index in [9.17, 15) is 9.59 Å². The molecule has 2 aromatic carbocycles. The molecule has 0 fully saturated rings. The molecule has 24 heavy (non-hydrogen) atoms. The first-order valence-corrected chi connectivity index (χ1v) is 8.16. The van der Waals surface area contributed by atoms with Crippen LogP contribution in [0.25, 0.3) is 0 Å². The molecule has 0 aliphatic carbocycles. The minimum Gasteiger partial charge on any atom is -0.326 e. The Morgan fingerprint density at radius 2 is 1.79 bits per heavy atom. The molecular weight excluding hydrogens is 394 g/mol. The highest BCUT2D eigenvalue weighted by Gasteiger charge is 2.08. The number of benzene rings is 2. The molecule has 7 heteroatoms. The number of hydrazine groups is 1. The highest BCUT2D eigenvalue weighted by Crippen LogP contribution is 2.14. The zero-order valence-electron chi connectivity index (χ0n) is 12.6. The number of halogens is 2. The summed E-state index contributed by atoms with van der Waals surface area (Å²) in [6.07, 6.45) is 0.0197. The lowest BCUT2D eigenvalue weighted by Gasteiger charge is -2.11. The van der Waals surface area contributed by atoms with Crippen molar-refractivity contribution in [1.82, 2.24) is 10.9 Å². The van der Waals surface area contributed by atoms with E-state index in [4.69, 9.17) is 11.6 Å². The van der Waals surface area contributed by atoms with Crippen LogP contribution in [0.5, 0.6) is 0 Å². The third kappa shape index (κ3) is 5.72. The zero-order chi connectivity index (χ0) is 17.5. The predicted octanol–water partition coefficient (Wildman–Crippen LogP) is 3.88. The van der Waals surface area contributed by atoms with Crippen LogP contribution in [0.1, 0.15) is 16.8 Å². The summed E-state index contributed by atoms with van der Waals surface area (Å²) in [6, 6.07) is 13.7. The lowest BCUT2D eigenvalue weighted by Crippen LogP contribution is -2.37. The summed E-state index contributed by atoms with van der Waals surface area (Å²) >= 11 is 9.16. The lowest BCUT2D eigenvalue weighted by molar-refractivity contribution is -0.115. The van der Waals surface area contributed by atoms with E-state index in [-0.39, 0.29) is 18.2 Å². The molecule has 2 amide bonds. The fourth-order valence-corrected chi connectivity index (χ4v) is 2.28. The van der Waals surface area contributed by atoms with Crippen LogP contribution in [0, 0.1) is 0 Å². The third-order valence-electron chi connectivity index (χ3n) is 2.94. The van der Waals surface area contributed by atoms with E-state index >= 15 is 0 Å². The number of carbonyl (C=O) groups excluding carboxylic acids is 2. The Hall–Kier alpha value is -2.31. The van der Waals surface area contributed by atoms with Crippen LogP contribution in [0.3, 0.4) is 0 Å². The van der Waals surface area contributed by atoms with E-state index in [1.165, 1.54) is 0 Å². The topological polar surface area (TPSA) is 70.2 Å². The Morgan fingerprint density at radius 3 is 2.46 bits per heavy atom. The van der Waals surface area contributed by atoms with Gasteiger partial charge in [-0.2, -0.15) is 0 Å². The Labute approximate surface area is 153 Å². The Bertz CT molecular complexity index is 763. The number of hydrogen-bond acceptors (Lipinski definition) is 3. The van der Waals surface area contributed by atoms with Crippen molar-refractivity contribution < 1.29 is 9.59 Å². The average Bonchev–Trinajstić information content (AvgIpc) is 2.54. The van der Waals surface area contributed by atoms with Crippen LogP contribution in [0.2, 0.25) is 5.02 Å². The molecule has 0 radical (unpaired) electrons. The van der Waals surface area contributed by atoms with E-state index in [2.05, 4.69) is 38.7 Å². The largest absolute Gasteiger partial charge is 0.326 e. The molecule has 0 atom stereocenters. The highest BCUT2D eigenvalue weighted by molar-refractivity contribution is 9.10. The van der Waals surface area contributed by atoms with Gasteiger partial charge in [0.25, 0.3) is 5.91 Å². The summed E-state index contributed by atoms with van der Waals surface area (Å²) < 4.78 is 0.926. The third-order valence-corrected chi connectivity index (χ3v) is 3.71. The van der Waals surface area contributed by atoms with Crippen LogP contribution >= 0.6 is 27.5 Å². The van der Waals surface area contributed by atoms with Crippen LogP contribution < -0.4 is 16.2 Å². The number of amides is 2. The molecule has 3 N–H and O–H groups in total. The molecule has 0 unspecified atom stereocenters. The summed E-state index contributed by atoms with van der Waals surface area (Å²) in [5.41, 5.74) is 6.54. The SMILES string of the molecule is C=C(CC(=O)Nc1ccc(Br)cc1)NNC(=O)c1cccc(Cl)c1. The molecule has 0 aliphatic rings. The fourth-order valence-electron chi connectivity index (χ4n) is 1.82. The molecule has 0 spiro atoms. The molecule has 0 saturated carbocycles. The van der Waals surface area contributed by atoms with Crippen molar-refractivity contribution >= 4 is 45.0 Å². The van der Waals surface area contributed by atoms with Gasteiger partial charge in [0, 0.05) is 26.4 Å². The normalized spacial score (nSPS) is 9.92. The van der Waals surface area contributed by atoms with Crippen molar-refractivity contribution in [3.05, 3.63) is 75.9 Å². The second-order valence-corrected chi connectivity index (χ2v) is 6.28. The Morgan fingerprint density at radius 1 is 1.08 bits per heavy atom. The van der Waals surface area contributed by atoms with Gasteiger partial charge in [0.05, 0.1) is 6.42 Å². The summed E-state index contributed by atoms with van der Waals surface area (Å²) in [7, 11) is 0. The minimum atomic E-state index is -0.369. The molecular formula is C17H15BrClN3O2. The van der Waals surface area contributed by atoms with Gasteiger partial charge in [-0.05, 0) is 42.5 Å². The van der Waals surface area contributed by atoms with Gasteiger partial charge in [0.1, 0.15) is 0 Å². The second-order valence-electron chi connectivity index (χ2n) is 4.92. The first-order valence-electron chi connectivity index (χ1n) is 6.99. The van der Waals surface area contributed by atoms with Crippen LogP contribution in [0.15, 0.2) is 65.3 Å². The van der Waals surface area contributed by atoms with E-state index < -0.39 is 0 Å². The van der Waals surface area contributed by atoms with E-state index in [1.54, 1.807) is 36.4 Å². The van der Waals surface area contributed by atoms with Gasteiger partial charge in [-0.1, -0.05) is 40.2 Å². The molecule has 2 rings (SSSR count). The molecule has 0 aromatic heterocycles.